The smallest absolute Gasteiger partial charge is 0.209 e. The summed E-state index contributed by atoms with van der Waals surface area (Å²) in [5.74, 6) is 0. The molecule has 0 aromatic heterocycles. The molecule has 0 spiro atoms. The van der Waals surface area contributed by atoms with Gasteiger partial charge >= 0.3 is 0 Å². The summed E-state index contributed by atoms with van der Waals surface area (Å²) in [7, 11) is -3.55. The van der Waals surface area contributed by atoms with Crippen molar-refractivity contribution in [2.45, 2.75) is 29.8 Å². The fraction of sp³-hybridized carbons (Fsp3) is 1.00. The third kappa shape index (κ3) is 3.29. The van der Waals surface area contributed by atoms with Gasteiger partial charge in [0.15, 0.2) is 6.29 Å². The van der Waals surface area contributed by atoms with Crippen LogP contribution in [-0.2, 0) is 14.8 Å². The Balaban J connectivity index is 2.80. The molecule has 1 aliphatic heterocycles. The number of rotatable bonds is 3. The van der Waals surface area contributed by atoms with Gasteiger partial charge in [0.1, 0.15) is 6.10 Å². The molecule has 7 nitrogen and oxygen atoms in total. The van der Waals surface area contributed by atoms with E-state index in [1.807, 2.05) is 0 Å². The van der Waals surface area contributed by atoms with Gasteiger partial charge < -0.3 is 20.1 Å². The summed E-state index contributed by atoms with van der Waals surface area (Å²) < 4.78 is 29.0. The molecule has 1 fully saturated rings. The molecular formula is C7H15NO6S2. The molecule has 5 atom stereocenters. The molecule has 96 valence electrons. The summed E-state index contributed by atoms with van der Waals surface area (Å²) in [5.41, 5.74) is 0. The molecule has 0 saturated carbocycles. The third-order valence-electron chi connectivity index (χ3n) is 2.25. The first kappa shape index (κ1) is 14.2. The van der Waals surface area contributed by atoms with Crippen molar-refractivity contribution in [3.63, 3.8) is 0 Å². The fourth-order valence-electron chi connectivity index (χ4n) is 1.47. The van der Waals surface area contributed by atoms with Crippen molar-refractivity contribution in [3.05, 3.63) is 0 Å². The second-order valence-electron chi connectivity index (χ2n) is 3.64. The van der Waals surface area contributed by atoms with Crippen molar-refractivity contribution >= 4 is 22.7 Å². The molecule has 0 bridgehead atoms. The van der Waals surface area contributed by atoms with E-state index in [0.29, 0.717) is 0 Å². The maximum Gasteiger partial charge on any atom is 0.209 e. The summed E-state index contributed by atoms with van der Waals surface area (Å²) in [6.07, 6.45) is -2.69. The normalized spacial score (nSPS) is 40.9. The van der Waals surface area contributed by atoms with E-state index >= 15 is 0 Å². The lowest BCUT2D eigenvalue weighted by Gasteiger charge is -2.40. The minimum Gasteiger partial charge on any atom is -0.394 e. The van der Waals surface area contributed by atoms with Crippen LogP contribution < -0.4 is 4.72 Å². The van der Waals surface area contributed by atoms with Crippen LogP contribution in [0.15, 0.2) is 0 Å². The van der Waals surface area contributed by atoms with Crippen LogP contribution in [0.3, 0.4) is 0 Å². The van der Waals surface area contributed by atoms with Gasteiger partial charge in [0.2, 0.25) is 10.0 Å². The highest BCUT2D eigenvalue weighted by molar-refractivity contribution is 7.88. The van der Waals surface area contributed by atoms with Gasteiger partial charge in [-0.1, -0.05) is 0 Å². The molecule has 0 aromatic carbocycles. The van der Waals surface area contributed by atoms with E-state index in [1.54, 1.807) is 0 Å². The topological polar surface area (TPSA) is 116 Å². The molecule has 4 N–H and O–H groups in total. The molecule has 1 aliphatic rings. The van der Waals surface area contributed by atoms with E-state index in [4.69, 9.17) is 9.84 Å². The van der Waals surface area contributed by atoms with E-state index in [1.165, 1.54) is 0 Å². The second kappa shape index (κ2) is 5.17. The fourth-order valence-corrected chi connectivity index (χ4v) is 2.74. The molecule has 9 heteroatoms. The van der Waals surface area contributed by atoms with Gasteiger partial charge in [-0.3, -0.25) is 0 Å². The Bertz CT molecular complexity index is 334. The first-order chi connectivity index (χ1) is 7.26. The number of nitrogens with one attached hydrogen (secondary N) is 1. The van der Waals surface area contributed by atoms with Crippen molar-refractivity contribution in [2.24, 2.45) is 0 Å². The zero-order chi connectivity index (χ0) is 12.5. The van der Waals surface area contributed by atoms with Gasteiger partial charge in [-0.25, -0.2) is 13.1 Å². The number of sulfonamides is 1. The van der Waals surface area contributed by atoms with Crippen LogP contribution in [0.4, 0.5) is 0 Å². The number of aliphatic hydroxyl groups is 3. The summed E-state index contributed by atoms with van der Waals surface area (Å²) in [6.45, 7) is -0.485. The van der Waals surface area contributed by atoms with Gasteiger partial charge in [0.05, 0.1) is 30.3 Å². The quantitative estimate of drug-likeness (QED) is 0.357. The number of hydrogen-bond donors (Lipinski definition) is 5. The molecule has 0 amide bonds. The number of hydrogen-bond acceptors (Lipinski definition) is 7. The van der Waals surface area contributed by atoms with Crippen molar-refractivity contribution in [1.29, 1.82) is 0 Å². The lowest BCUT2D eigenvalue weighted by molar-refractivity contribution is -0.215. The Kier molecular flexibility index (Phi) is 4.57. The van der Waals surface area contributed by atoms with Gasteiger partial charge in [0, 0.05) is 0 Å². The van der Waals surface area contributed by atoms with Gasteiger partial charge in [-0.05, 0) is 0 Å². The monoisotopic (exact) mass is 273 g/mol. The summed E-state index contributed by atoms with van der Waals surface area (Å²) >= 11 is 4.01. The molecule has 0 aliphatic carbocycles. The van der Waals surface area contributed by atoms with Crippen LogP contribution in [-0.4, -0.2) is 66.4 Å². The number of aliphatic hydroxyl groups excluding tert-OH is 3. The molecule has 0 aromatic rings. The predicted molar refractivity (Wildman–Crippen MR) is 58.5 cm³/mol. The van der Waals surface area contributed by atoms with Crippen molar-refractivity contribution < 1.29 is 28.5 Å². The van der Waals surface area contributed by atoms with E-state index in [0.717, 1.165) is 6.26 Å². The summed E-state index contributed by atoms with van der Waals surface area (Å²) in [6, 6.07) is -1.06. The van der Waals surface area contributed by atoms with Crippen LogP contribution in [0.2, 0.25) is 0 Å². The summed E-state index contributed by atoms with van der Waals surface area (Å²) in [5, 5.41) is 27.1. The van der Waals surface area contributed by atoms with Gasteiger partial charge in [-0.2, -0.15) is 12.6 Å². The van der Waals surface area contributed by atoms with Crippen LogP contribution >= 0.6 is 12.6 Å². The van der Waals surface area contributed by atoms with Crippen molar-refractivity contribution in [3.8, 4) is 0 Å². The Hall–Kier alpha value is 0.1000. The standard InChI is InChI=1S/C7H15NO6S2/c1-16(12,13)8-4-6(15)5(10)3(2-9)14-7(4)11/h3-11,15H,2H2,1H3/t3-,4-,5-,6-,7-/m1/s1. The van der Waals surface area contributed by atoms with Crippen molar-refractivity contribution in [1.82, 2.24) is 4.72 Å². The van der Waals surface area contributed by atoms with Crippen LogP contribution in [0.5, 0.6) is 0 Å². The van der Waals surface area contributed by atoms with E-state index in [-0.39, 0.29) is 0 Å². The predicted octanol–water partition coefficient (Wildman–Crippen LogP) is -2.73. The van der Waals surface area contributed by atoms with Crippen LogP contribution in [0, 0.1) is 0 Å². The minimum absolute atomic E-state index is 0.485. The Labute approximate surface area is 98.9 Å². The Morgan fingerprint density at radius 3 is 2.44 bits per heavy atom. The molecule has 1 rings (SSSR count). The Morgan fingerprint density at radius 2 is 2.00 bits per heavy atom. The average Bonchev–Trinajstić information content (AvgIpc) is 2.17. The van der Waals surface area contributed by atoms with Crippen LogP contribution in [0.25, 0.3) is 0 Å². The molecule has 0 unspecified atom stereocenters. The SMILES string of the molecule is CS(=O)(=O)N[C@@H]1[C@@H](S)[C@H](O)[C@@H](CO)O[C@H]1O. The molecule has 16 heavy (non-hydrogen) atoms. The lowest BCUT2D eigenvalue weighted by atomic mass is 10.0. The molecule has 1 heterocycles. The van der Waals surface area contributed by atoms with E-state index in [2.05, 4.69) is 17.4 Å². The third-order valence-corrected chi connectivity index (χ3v) is 3.58. The van der Waals surface area contributed by atoms with E-state index in [9.17, 15) is 18.6 Å². The maximum absolute atomic E-state index is 11.0. The molecule has 1 saturated heterocycles. The first-order valence-electron chi connectivity index (χ1n) is 4.54. The zero-order valence-corrected chi connectivity index (χ0v) is 10.2. The number of ether oxygens (including phenoxy) is 1. The summed E-state index contributed by atoms with van der Waals surface area (Å²) in [4.78, 5) is 0. The average molecular weight is 273 g/mol. The second-order valence-corrected chi connectivity index (χ2v) is 6.02. The first-order valence-corrected chi connectivity index (χ1v) is 6.95. The van der Waals surface area contributed by atoms with Gasteiger partial charge in [-0.15, -0.1) is 0 Å². The molecule has 0 radical (unpaired) electrons. The highest BCUT2D eigenvalue weighted by Gasteiger charge is 2.43. The maximum atomic E-state index is 11.0. The highest BCUT2D eigenvalue weighted by Crippen LogP contribution is 2.23. The number of thiol groups is 1. The highest BCUT2D eigenvalue weighted by atomic mass is 32.2. The largest absolute Gasteiger partial charge is 0.394 e. The zero-order valence-electron chi connectivity index (χ0n) is 8.52. The van der Waals surface area contributed by atoms with Gasteiger partial charge in [0.25, 0.3) is 0 Å². The van der Waals surface area contributed by atoms with Crippen molar-refractivity contribution in [2.75, 3.05) is 12.9 Å². The lowest BCUT2D eigenvalue weighted by Crippen LogP contribution is -2.62. The molecular weight excluding hydrogens is 258 g/mol. The minimum atomic E-state index is -3.55. The van der Waals surface area contributed by atoms with E-state index < -0.39 is 46.4 Å². The Morgan fingerprint density at radius 1 is 1.44 bits per heavy atom. The van der Waals surface area contributed by atoms with Crippen LogP contribution in [0.1, 0.15) is 0 Å².